The Labute approximate surface area is 116 Å². The topological polar surface area (TPSA) is 136 Å². The number of rotatable bonds is 7. The van der Waals surface area contributed by atoms with Crippen LogP contribution in [0.4, 0.5) is 0 Å². The summed E-state index contributed by atoms with van der Waals surface area (Å²) in [5.74, 6) is 3.06. The highest BCUT2D eigenvalue weighted by molar-refractivity contribution is 5.79. The smallest absolute Gasteiger partial charge is 0.325 e. The third-order valence-corrected chi connectivity index (χ3v) is 3.31. The van der Waals surface area contributed by atoms with Crippen LogP contribution in [0.25, 0.3) is 0 Å². The SMILES string of the molecule is CCCCC(Cc1cc(O)c(O)cc1O)(NN)C(=O)O. The molecule has 0 saturated carbocycles. The van der Waals surface area contributed by atoms with Gasteiger partial charge in [0.05, 0.1) is 0 Å². The molecule has 7 nitrogen and oxygen atoms in total. The normalized spacial score (nSPS) is 13.9. The van der Waals surface area contributed by atoms with Gasteiger partial charge in [0.2, 0.25) is 0 Å². The molecule has 1 aromatic rings. The fourth-order valence-corrected chi connectivity index (χ4v) is 2.01. The van der Waals surface area contributed by atoms with Crippen molar-refractivity contribution >= 4 is 5.97 Å². The fourth-order valence-electron chi connectivity index (χ4n) is 2.01. The molecule has 0 aromatic heterocycles. The van der Waals surface area contributed by atoms with Crippen LogP contribution in [-0.2, 0) is 11.2 Å². The predicted molar refractivity (Wildman–Crippen MR) is 72.4 cm³/mol. The van der Waals surface area contributed by atoms with E-state index in [0.717, 1.165) is 18.6 Å². The molecule has 1 unspecified atom stereocenters. The maximum Gasteiger partial charge on any atom is 0.325 e. The van der Waals surface area contributed by atoms with Crippen LogP contribution in [0.5, 0.6) is 17.2 Å². The van der Waals surface area contributed by atoms with Crippen LogP contribution < -0.4 is 11.3 Å². The van der Waals surface area contributed by atoms with Gasteiger partial charge in [-0.25, -0.2) is 5.43 Å². The highest BCUT2D eigenvalue weighted by atomic mass is 16.4. The predicted octanol–water partition coefficient (Wildman–Crippen LogP) is 0.823. The van der Waals surface area contributed by atoms with E-state index in [1.165, 1.54) is 0 Å². The van der Waals surface area contributed by atoms with Gasteiger partial charge in [-0.2, -0.15) is 0 Å². The first kappa shape index (κ1) is 16.1. The van der Waals surface area contributed by atoms with E-state index in [9.17, 15) is 25.2 Å². The van der Waals surface area contributed by atoms with Crippen molar-refractivity contribution in [2.75, 3.05) is 0 Å². The minimum atomic E-state index is -1.43. The van der Waals surface area contributed by atoms with E-state index in [0.29, 0.717) is 6.42 Å². The molecule has 0 aliphatic heterocycles. The summed E-state index contributed by atoms with van der Waals surface area (Å²) in [4.78, 5) is 11.5. The highest BCUT2D eigenvalue weighted by Gasteiger charge is 2.37. The molecule has 0 heterocycles. The number of nitrogens with two attached hydrogens (primary N) is 1. The average Bonchev–Trinajstić information content (AvgIpc) is 2.40. The zero-order valence-corrected chi connectivity index (χ0v) is 11.3. The summed E-state index contributed by atoms with van der Waals surface area (Å²) < 4.78 is 0. The van der Waals surface area contributed by atoms with Crippen LogP contribution in [0, 0.1) is 0 Å². The Kier molecular flexibility index (Phi) is 5.18. The van der Waals surface area contributed by atoms with E-state index in [2.05, 4.69) is 5.43 Å². The van der Waals surface area contributed by atoms with Gasteiger partial charge in [-0.1, -0.05) is 19.8 Å². The molecule has 0 aliphatic rings. The van der Waals surface area contributed by atoms with Gasteiger partial charge in [0, 0.05) is 18.1 Å². The van der Waals surface area contributed by atoms with Crippen molar-refractivity contribution in [3.05, 3.63) is 17.7 Å². The maximum atomic E-state index is 11.5. The number of phenols is 3. The molecule has 7 N–H and O–H groups in total. The number of hydrazine groups is 1. The molecule has 0 bridgehead atoms. The Bertz CT molecular complexity index is 492. The summed E-state index contributed by atoms with van der Waals surface area (Å²) in [5.41, 5.74) is 1.06. The standard InChI is InChI=1S/C13H20N2O5/c1-2-3-4-13(15-14,12(19)20)7-8-5-10(17)11(18)6-9(8)16/h5-6,15-18H,2-4,7,14H2,1H3,(H,19,20). The minimum Gasteiger partial charge on any atom is -0.508 e. The Morgan fingerprint density at radius 2 is 1.85 bits per heavy atom. The molecular weight excluding hydrogens is 264 g/mol. The van der Waals surface area contributed by atoms with Crippen molar-refractivity contribution in [2.45, 2.75) is 38.1 Å². The fraction of sp³-hybridized carbons (Fsp3) is 0.462. The van der Waals surface area contributed by atoms with E-state index >= 15 is 0 Å². The zero-order chi connectivity index (χ0) is 15.3. The lowest BCUT2D eigenvalue weighted by molar-refractivity contribution is -0.145. The van der Waals surface area contributed by atoms with Crippen molar-refractivity contribution in [2.24, 2.45) is 5.84 Å². The van der Waals surface area contributed by atoms with E-state index in [-0.39, 0.29) is 24.2 Å². The largest absolute Gasteiger partial charge is 0.508 e. The van der Waals surface area contributed by atoms with Gasteiger partial charge in [0.1, 0.15) is 11.3 Å². The Morgan fingerprint density at radius 3 is 2.35 bits per heavy atom. The second-order valence-electron chi connectivity index (χ2n) is 4.78. The summed E-state index contributed by atoms with van der Waals surface area (Å²) in [6.45, 7) is 1.92. The number of hydrogen-bond acceptors (Lipinski definition) is 6. The van der Waals surface area contributed by atoms with Gasteiger partial charge in [0.15, 0.2) is 11.5 Å². The number of nitrogens with one attached hydrogen (secondary N) is 1. The Hall–Kier alpha value is -1.99. The average molecular weight is 284 g/mol. The first-order chi connectivity index (χ1) is 9.36. The van der Waals surface area contributed by atoms with E-state index in [1.807, 2.05) is 6.92 Å². The molecule has 0 saturated heterocycles. The van der Waals surface area contributed by atoms with Crippen molar-refractivity contribution < 1.29 is 25.2 Å². The lowest BCUT2D eigenvalue weighted by atomic mass is 9.86. The monoisotopic (exact) mass is 284 g/mol. The molecule has 20 heavy (non-hydrogen) atoms. The molecule has 1 atom stereocenters. The van der Waals surface area contributed by atoms with Crippen molar-refractivity contribution in [1.82, 2.24) is 5.43 Å². The molecule has 0 aliphatic carbocycles. The lowest BCUT2D eigenvalue weighted by Crippen LogP contribution is -2.57. The zero-order valence-electron chi connectivity index (χ0n) is 11.3. The van der Waals surface area contributed by atoms with Crippen LogP contribution in [0.3, 0.4) is 0 Å². The molecule has 1 rings (SSSR count). The van der Waals surface area contributed by atoms with Gasteiger partial charge < -0.3 is 20.4 Å². The van der Waals surface area contributed by atoms with Gasteiger partial charge in [-0.3, -0.25) is 10.6 Å². The summed E-state index contributed by atoms with van der Waals surface area (Å²) in [6, 6.07) is 2.10. The van der Waals surface area contributed by atoms with Gasteiger partial charge >= 0.3 is 5.97 Å². The summed E-state index contributed by atoms with van der Waals surface area (Å²) in [6.07, 6.45) is 1.60. The van der Waals surface area contributed by atoms with E-state index in [1.54, 1.807) is 0 Å². The minimum absolute atomic E-state index is 0.113. The molecule has 1 aromatic carbocycles. The number of benzene rings is 1. The summed E-state index contributed by atoms with van der Waals surface area (Å²) >= 11 is 0. The summed E-state index contributed by atoms with van der Waals surface area (Å²) in [5, 5.41) is 37.9. The van der Waals surface area contributed by atoms with Crippen molar-refractivity contribution in [3.8, 4) is 17.2 Å². The molecule has 112 valence electrons. The third-order valence-electron chi connectivity index (χ3n) is 3.31. The van der Waals surface area contributed by atoms with E-state index in [4.69, 9.17) is 5.84 Å². The second-order valence-corrected chi connectivity index (χ2v) is 4.78. The molecule has 0 amide bonds. The maximum absolute atomic E-state index is 11.5. The van der Waals surface area contributed by atoms with Crippen LogP contribution in [0.1, 0.15) is 31.7 Å². The van der Waals surface area contributed by atoms with Crippen LogP contribution >= 0.6 is 0 Å². The number of hydrogen-bond donors (Lipinski definition) is 6. The van der Waals surface area contributed by atoms with Crippen LogP contribution in [0.15, 0.2) is 12.1 Å². The number of unbranched alkanes of at least 4 members (excludes halogenated alkanes) is 1. The number of carboxylic acids is 1. The van der Waals surface area contributed by atoms with Gasteiger partial charge in [0.25, 0.3) is 0 Å². The van der Waals surface area contributed by atoms with E-state index < -0.39 is 23.0 Å². The van der Waals surface area contributed by atoms with Crippen LogP contribution in [0.2, 0.25) is 0 Å². The second kappa shape index (κ2) is 6.44. The summed E-state index contributed by atoms with van der Waals surface area (Å²) in [7, 11) is 0. The molecular formula is C13H20N2O5. The Morgan fingerprint density at radius 1 is 1.25 bits per heavy atom. The molecule has 0 fully saturated rings. The molecule has 0 radical (unpaired) electrons. The van der Waals surface area contributed by atoms with Crippen molar-refractivity contribution in [3.63, 3.8) is 0 Å². The number of aliphatic carboxylic acids is 1. The number of carbonyl (C=O) groups is 1. The highest BCUT2D eigenvalue weighted by Crippen LogP contribution is 2.34. The Balaban J connectivity index is 3.12. The van der Waals surface area contributed by atoms with Gasteiger partial charge in [-0.15, -0.1) is 0 Å². The lowest BCUT2D eigenvalue weighted by Gasteiger charge is -2.29. The third kappa shape index (κ3) is 3.31. The first-order valence-electron chi connectivity index (χ1n) is 6.31. The first-order valence-corrected chi connectivity index (χ1v) is 6.31. The number of carboxylic acid groups (broad SMARTS) is 1. The molecule has 0 spiro atoms. The van der Waals surface area contributed by atoms with Crippen LogP contribution in [-0.4, -0.2) is 31.9 Å². The number of phenolic OH excluding ortho intramolecular Hbond substituents is 3. The van der Waals surface area contributed by atoms with Crippen molar-refractivity contribution in [1.29, 1.82) is 0 Å². The quantitative estimate of drug-likeness (QED) is 0.189. The molecule has 7 heteroatoms. The van der Waals surface area contributed by atoms with Gasteiger partial charge in [-0.05, 0) is 12.5 Å². The number of aromatic hydroxyl groups is 3.